The molecule has 122 valence electrons. The van der Waals surface area contributed by atoms with E-state index in [1.807, 2.05) is 0 Å². The maximum absolute atomic E-state index is 13.6. The van der Waals surface area contributed by atoms with Crippen molar-refractivity contribution < 1.29 is 13.9 Å². The predicted molar refractivity (Wildman–Crippen MR) is 85.7 cm³/mol. The van der Waals surface area contributed by atoms with Crippen molar-refractivity contribution in [3.8, 4) is 5.75 Å². The Hall–Kier alpha value is -2.35. The highest BCUT2D eigenvalue weighted by molar-refractivity contribution is 7.99. The molecule has 0 bridgehead atoms. The quantitative estimate of drug-likeness (QED) is 0.590. The van der Waals surface area contributed by atoms with Crippen LogP contribution in [0.25, 0.3) is 0 Å². The Labute approximate surface area is 137 Å². The minimum Gasteiger partial charge on any atom is -0.483 e. The number of aromatic nitrogens is 3. The van der Waals surface area contributed by atoms with Crippen LogP contribution in [0.4, 0.5) is 4.39 Å². The molecule has 0 unspecified atom stereocenters. The fourth-order valence-electron chi connectivity index (χ4n) is 1.75. The molecule has 0 fully saturated rings. The van der Waals surface area contributed by atoms with Gasteiger partial charge >= 0.3 is 0 Å². The number of allylic oxidation sites excluding steroid dienone is 1. The van der Waals surface area contributed by atoms with E-state index in [2.05, 4.69) is 22.1 Å². The van der Waals surface area contributed by atoms with Crippen LogP contribution in [0, 0.1) is 5.82 Å². The Morgan fingerprint density at radius 3 is 2.96 bits per heavy atom. The Balaban J connectivity index is 2.09. The summed E-state index contributed by atoms with van der Waals surface area (Å²) in [4.78, 5) is 11.3. The number of hydrogen-bond donors (Lipinski definition) is 1. The number of nitrogens with one attached hydrogen (secondary N) is 1. The number of carbonyl (C=O) groups is 1. The van der Waals surface area contributed by atoms with Crippen molar-refractivity contribution >= 4 is 17.7 Å². The summed E-state index contributed by atoms with van der Waals surface area (Å²) >= 11 is 1.27. The van der Waals surface area contributed by atoms with E-state index < -0.39 is 5.82 Å². The predicted octanol–water partition coefficient (Wildman–Crippen LogP) is 2.02. The highest BCUT2D eigenvalue weighted by Crippen LogP contribution is 2.20. The molecule has 6 nitrogen and oxygen atoms in total. The van der Waals surface area contributed by atoms with Gasteiger partial charge in [0.05, 0.1) is 5.75 Å². The number of amides is 1. The van der Waals surface area contributed by atoms with Crippen LogP contribution in [-0.2, 0) is 17.9 Å². The topological polar surface area (TPSA) is 69.0 Å². The van der Waals surface area contributed by atoms with Gasteiger partial charge in [0.25, 0.3) is 0 Å². The number of rotatable bonds is 8. The van der Waals surface area contributed by atoms with Gasteiger partial charge in [-0.25, -0.2) is 4.39 Å². The summed E-state index contributed by atoms with van der Waals surface area (Å²) in [6, 6.07) is 6.16. The number of para-hydroxylation sites is 1. The first-order valence-electron chi connectivity index (χ1n) is 6.89. The molecule has 1 heterocycles. The zero-order valence-electron chi connectivity index (χ0n) is 12.7. The van der Waals surface area contributed by atoms with Crippen LogP contribution < -0.4 is 10.1 Å². The summed E-state index contributed by atoms with van der Waals surface area (Å²) in [5, 5.41) is 11.2. The summed E-state index contributed by atoms with van der Waals surface area (Å²) in [5.41, 5.74) is 0. The van der Waals surface area contributed by atoms with Crippen molar-refractivity contribution in [2.45, 2.75) is 18.3 Å². The van der Waals surface area contributed by atoms with Gasteiger partial charge in [0.15, 0.2) is 22.5 Å². The fraction of sp³-hybridized carbons (Fsp3) is 0.267. The average molecular weight is 336 g/mol. The SMILES string of the molecule is C=CCn1c(COc2ccccc2F)nnc1SCC(=O)NC. The molecule has 2 rings (SSSR count). The van der Waals surface area contributed by atoms with Crippen LogP contribution in [0.2, 0.25) is 0 Å². The number of ether oxygens (including phenoxy) is 1. The number of halogens is 1. The van der Waals surface area contributed by atoms with E-state index in [1.165, 1.54) is 17.8 Å². The molecular formula is C15H17FN4O2S. The van der Waals surface area contributed by atoms with Gasteiger partial charge in [-0.15, -0.1) is 16.8 Å². The lowest BCUT2D eigenvalue weighted by molar-refractivity contribution is -0.118. The Morgan fingerprint density at radius 2 is 2.26 bits per heavy atom. The van der Waals surface area contributed by atoms with Crippen molar-refractivity contribution in [1.82, 2.24) is 20.1 Å². The van der Waals surface area contributed by atoms with Gasteiger partial charge in [-0.2, -0.15) is 0 Å². The Bertz CT molecular complexity index is 690. The zero-order valence-corrected chi connectivity index (χ0v) is 13.5. The molecule has 1 aromatic heterocycles. The number of nitrogens with zero attached hydrogens (tertiary/aromatic N) is 3. The van der Waals surface area contributed by atoms with E-state index in [4.69, 9.17) is 4.74 Å². The molecule has 1 aromatic carbocycles. The lowest BCUT2D eigenvalue weighted by Gasteiger charge is -2.09. The maximum atomic E-state index is 13.6. The van der Waals surface area contributed by atoms with Crippen LogP contribution >= 0.6 is 11.8 Å². The second kappa shape index (κ2) is 8.33. The number of thioether (sulfide) groups is 1. The molecule has 23 heavy (non-hydrogen) atoms. The first-order chi connectivity index (χ1) is 11.2. The van der Waals surface area contributed by atoms with Gasteiger partial charge in [0.1, 0.15) is 6.61 Å². The fourth-order valence-corrected chi connectivity index (χ4v) is 2.59. The molecule has 2 aromatic rings. The van der Waals surface area contributed by atoms with E-state index in [0.29, 0.717) is 17.5 Å². The lowest BCUT2D eigenvalue weighted by atomic mass is 10.3. The minimum absolute atomic E-state index is 0.0717. The average Bonchev–Trinajstić information content (AvgIpc) is 2.94. The molecule has 0 aliphatic heterocycles. The van der Waals surface area contributed by atoms with Crippen molar-refractivity contribution in [2.75, 3.05) is 12.8 Å². The van der Waals surface area contributed by atoms with Crippen molar-refractivity contribution in [1.29, 1.82) is 0 Å². The highest BCUT2D eigenvalue weighted by Gasteiger charge is 2.14. The smallest absolute Gasteiger partial charge is 0.230 e. The second-order valence-electron chi connectivity index (χ2n) is 4.48. The molecule has 0 saturated carbocycles. The van der Waals surface area contributed by atoms with Gasteiger partial charge in [-0.05, 0) is 12.1 Å². The first kappa shape index (κ1) is 17.0. The van der Waals surface area contributed by atoms with Crippen molar-refractivity contribution in [3.05, 3.63) is 48.6 Å². The molecular weight excluding hydrogens is 319 g/mol. The summed E-state index contributed by atoms with van der Waals surface area (Å²) in [6.07, 6.45) is 1.69. The monoisotopic (exact) mass is 336 g/mol. The molecule has 0 spiro atoms. The first-order valence-corrected chi connectivity index (χ1v) is 7.88. The third kappa shape index (κ3) is 4.56. The Kier molecular flexibility index (Phi) is 6.16. The number of carbonyl (C=O) groups excluding carboxylic acids is 1. The summed E-state index contributed by atoms with van der Waals surface area (Å²) in [5.74, 6) is 0.386. The third-order valence-corrected chi connectivity index (χ3v) is 3.88. The van der Waals surface area contributed by atoms with Gasteiger partial charge < -0.3 is 10.1 Å². The van der Waals surface area contributed by atoms with Crippen molar-refractivity contribution in [3.63, 3.8) is 0 Å². The van der Waals surface area contributed by atoms with Crippen LogP contribution in [0.1, 0.15) is 5.82 Å². The van der Waals surface area contributed by atoms with E-state index >= 15 is 0 Å². The second-order valence-corrected chi connectivity index (χ2v) is 5.42. The number of hydrogen-bond acceptors (Lipinski definition) is 5. The molecule has 0 atom stereocenters. The van der Waals surface area contributed by atoms with Gasteiger partial charge in [-0.1, -0.05) is 30.0 Å². The molecule has 0 aliphatic carbocycles. The van der Waals surface area contributed by atoms with Gasteiger partial charge in [-0.3, -0.25) is 9.36 Å². The van der Waals surface area contributed by atoms with E-state index in [-0.39, 0.29) is 24.0 Å². The molecule has 1 N–H and O–H groups in total. The minimum atomic E-state index is -0.434. The highest BCUT2D eigenvalue weighted by atomic mass is 32.2. The van der Waals surface area contributed by atoms with Gasteiger partial charge in [0.2, 0.25) is 5.91 Å². The molecule has 0 saturated heterocycles. The van der Waals surface area contributed by atoms with Crippen LogP contribution in [-0.4, -0.2) is 33.5 Å². The summed E-state index contributed by atoms with van der Waals surface area (Å²) in [7, 11) is 1.57. The summed E-state index contributed by atoms with van der Waals surface area (Å²) < 4.78 is 20.8. The molecule has 0 aliphatic rings. The molecule has 1 amide bonds. The van der Waals surface area contributed by atoms with E-state index in [0.717, 1.165) is 0 Å². The Morgan fingerprint density at radius 1 is 1.48 bits per heavy atom. The van der Waals surface area contributed by atoms with E-state index in [9.17, 15) is 9.18 Å². The van der Waals surface area contributed by atoms with Gasteiger partial charge in [0, 0.05) is 13.6 Å². The van der Waals surface area contributed by atoms with Crippen LogP contribution in [0.15, 0.2) is 42.1 Å². The van der Waals surface area contributed by atoms with E-state index in [1.54, 1.807) is 35.9 Å². The normalized spacial score (nSPS) is 10.3. The maximum Gasteiger partial charge on any atom is 0.230 e. The lowest BCUT2D eigenvalue weighted by Crippen LogP contribution is -2.20. The summed E-state index contributed by atoms with van der Waals surface area (Å²) in [6.45, 7) is 4.24. The largest absolute Gasteiger partial charge is 0.483 e. The third-order valence-electron chi connectivity index (χ3n) is 2.91. The molecule has 0 radical (unpaired) electrons. The van der Waals surface area contributed by atoms with Crippen LogP contribution in [0.3, 0.4) is 0 Å². The number of benzene rings is 1. The molecule has 8 heteroatoms. The van der Waals surface area contributed by atoms with Crippen molar-refractivity contribution in [2.24, 2.45) is 0 Å². The van der Waals surface area contributed by atoms with Crippen LogP contribution in [0.5, 0.6) is 5.75 Å². The zero-order chi connectivity index (χ0) is 16.7. The standard InChI is InChI=1S/C15H17FN4O2S/c1-3-8-20-13(9-22-12-7-5-4-6-11(12)16)18-19-15(20)23-10-14(21)17-2/h3-7H,1,8-10H2,2H3,(H,17,21).